The van der Waals surface area contributed by atoms with Crippen molar-refractivity contribution in [2.24, 2.45) is 0 Å². The van der Waals surface area contributed by atoms with Gasteiger partial charge in [0, 0.05) is 4.47 Å². The zero-order valence-electron chi connectivity index (χ0n) is 10.9. The third-order valence-corrected chi connectivity index (χ3v) is 4.58. The van der Waals surface area contributed by atoms with Crippen molar-refractivity contribution in [3.05, 3.63) is 82.3 Å². The fourth-order valence-corrected chi connectivity index (χ4v) is 3.47. The number of alkyl halides is 1. The van der Waals surface area contributed by atoms with Crippen molar-refractivity contribution in [3.8, 4) is 0 Å². The maximum atomic E-state index is 6.57. The zero-order chi connectivity index (χ0) is 13.9. The van der Waals surface area contributed by atoms with Crippen LogP contribution >= 0.6 is 27.5 Å². The second kappa shape index (κ2) is 5.99. The molecule has 0 N–H and O–H groups in total. The van der Waals surface area contributed by atoms with E-state index < -0.39 is 0 Å². The maximum Gasteiger partial charge on any atom is 0.0636 e. The highest BCUT2D eigenvalue weighted by molar-refractivity contribution is 9.10. The molecule has 0 amide bonds. The number of rotatable bonds is 3. The van der Waals surface area contributed by atoms with Crippen LogP contribution in [0.3, 0.4) is 0 Å². The van der Waals surface area contributed by atoms with Crippen molar-refractivity contribution in [2.45, 2.75) is 11.8 Å². The van der Waals surface area contributed by atoms with E-state index in [0.717, 1.165) is 16.5 Å². The predicted molar refractivity (Wildman–Crippen MR) is 90.4 cm³/mol. The number of halogens is 2. The molecule has 3 aromatic rings. The van der Waals surface area contributed by atoms with Crippen molar-refractivity contribution < 1.29 is 0 Å². The van der Waals surface area contributed by atoms with E-state index in [-0.39, 0.29) is 5.38 Å². The van der Waals surface area contributed by atoms with Gasteiger partial charge in [-0.15, -0.1) is 11.6 Å². The van der Waals surface area contributed by atoms with Gasteiger partial charge in [0.25, 0.3) is 0 Å². The summed E-state index contributed by atoms with van der Waals surface area (Å²) in [7, 11) is 0. The second-order valence-corrected chi connectivity index (χ2v) is 6.26. The van der Waals surface area contributed by atoms with Gasteiger partial charge in [-0.25, -0.2) is 0 Å². The second-order valence-electron chi connectivity index (χ2n) is 4.87. The lowest BCUT2D eigenvalue weighted by Gasteiger charge is -2.12. The van der Waals surface area contributed by atoms with E-state index in [2.05, 4.69) is 64.5 Å². The lowest BCUT2D eigenvalue weighted by molar-refractivity contribution is 0.916. The minimum atomic E-state index is -0.0215. The molecule has 2 heteroatoms. The average molecular weight is 346 g/mol. The van der Waals surface area contributed by atoms with Gasteiger partial charge in [-0.3, -0.25) is 0 Å². The molecular formula is C18H14BrCl. The first-order valence-electron chi connectivity index (χ1n) is 6.60. The highest BCUT2D eigenvalue weighted by Gasteiger charge is 2.12. The molecule has 0 aliphatic rings. The van der Waals surface area contributed by atoms with Gasteiger partial charge < -0.3 is 0 Å². The van der Waals surface area contributed by atoms with Gasteiger partial charge in [0.05, 0.1) is 5.38 Å². The van der Waals surface area contributed by atoms with Crippen molar-refractivity contribution in [1.29, 1.82) is 0 Å². The smallest absolute Gasteiger partial charge is 0.0636 e. The van der Waals surface area contributed by atoms with E-state index in [9.17, 15) is 0 Å². The van der Waals surface area contributed by atoms with Gasteiger partial charge >= 0.3 is 0 Å². The fourth-order valence-electron chi connectivity index (χ4n) is 2.41. The van der Waals surface area contributed by atoms with Gasteiger partial charge in [0.15, 0.2) is 0 Å². The Bertz CT molecular complexity index is 736. The molecule has 1 atom stereocenters. The first-order chi connectivity index (χ1) is 9.74. The molecule has 0 saturated carbocycles. The Morgan fingerprint density at radius 2 is 1.55 bits per heavy atom. The molecule has 0 aromatic heterocycles. The van der Waals surface area contributed by atoms with E-state index in [4.69, 9.17) is 11.6 Å². The fraction of sp³-hybridized carbons (Fsp3) is 0.111. The van der Waals surface area contributed by atoms with Crippen LogP contribution in [0.15, 0.2) is 71.2 Å². The van der Waals surface area contributed by atoms with Crippen LogP contribution in [0.25, 0.3) is 10.8 Å². The molecule has 0 aliphatic heterocycles. The molecule has 20 heavy (non-hydrogen) atoms. The Hall–Kier alpha value is -1.31. The number of hydrogen-bond acceptors (Lipinski definition) is 0. The summed E-state index contributed by atoms with van der Waals surface area (Å²) >= 11 is 10.1. The molecule has 0 fully saturated rings. The largest absolute Gasteiger partial charge is 0.117 e. The first-order valence-corrected chi connectivity index (χ1v) is 7.83. The standard InChI is InChI=1S/C18H14BrCl/c19-17-8-4-3-7-16(17)18(20)12-13-9-10-14-5-1-2-6-15(14)11-13/h1-11,18H,12H2. The molecule has 100 valence electrons. The van der Waals surface area contributed by atoms with Gasteiger partial charge in [-0.2, -0.15) is 0 Å². The van der Waals surface area contributed by atoms with E-state index >= 15 is 0 Å². The summed E-state index contributed by atoms with van der Waals surface area (Å²) in [6.45, 7) is 0. The van der Waals surface area contributed by atoms with Crippen LogP contribution < -0.4 is 0 Å². The Morgan fingerprint density at radius 3 is 2.35 bits per heavy atom. The topological polar surface area (TPSA) is 0 Å². The third kappa shape index (κ3) is 2.89. The Kier molecular flexibility index (Phi) is 4.09. The number of hydrogen-bond donors (Lipinski definition) is 0. The highest BCUT2D eigenvalue weighted by atomic mass is 79.9. The van der Waals surface area contributed by atoms with Gasteiger partial charge in [-0.1, -0.05) is 76.6 Å². The first kappa shape index (κ1) is 13.7. The predicted octanol–water partition coefficient (Wildman–Crippen LogP) is 6.12. The summed E-state index contributed by atoms with van der Waals surface area (Å²) in [5, 5.41) is 2.51. The summed E-state index contributed by atoms with van der Waals surface area (Å²) in [6.07, 6.45) is 0.828. The SMILES string of the molecule is ClC(Cc1ccc2ccccc2c1)c1ccccc1Br. The average Bonchev–Trinajstić information content (AvgIpc) is 2.47. The highest BCUT2D eigenvalue weighted by Crippen LogP contribution is 2.31. The van der Waals surface area contributed by atoms with Crippen molar-refractivity contribution in [3.63, 3.8) is 0 Å². The van der Waals surface area contributed by atoms with Crippen LogP contribution in [0.5, 0.6) is 0 Å². The van der Waals surface area contributed by atoms with Crippen molar-refractivity contribution >= 4 is 38.3 Å². The molecule has 3 rings (SSSR count). The maximum absolute atomic E-state index is 6.57. The van der Waals surface area contributed by atoms with E-state index in [1.165, 1.54) is 16.3 Å². The van der Waals surface area contributed by atoms with Crippen LogP contribution in [-0.2, 0) is 6.42 Å². The van der Waals surface area contributed by atoms with Crippen molar-refractivity contribution in [1.82, 2.24) is 0 Å². The third-order valence-electron chi connectivity index (χ3n) is 3.47. The number of fused-ring (bicyclic) bond motifs is 1. The summed E-state index contributed by atoms with van der Waals surface area (Å²) in [5.41, 5.74) is 2.40. The monoisotopic (exact) mass is 344 g/mol. The van der Waals surface area contributed by atoms with E-state index in [1.807, 2.05) is 18.2 Å². The quantitative estimate of drug-likeness (QED) is 0.501. The minimum absolute atomic E-state index is 0.0215. The van der Waals surface area contributed by atoms with Crippen LogP contribution in [0.4, 0.5) is 0 Å². The molecule has 0 heterocycles. The summed E-state index contributed by atoms with van der Waals surface area (Å²) in [4.78, 5) is 0. The van der Waals surface area contributed by atoms with Crippen LogP contribution in [-0.4, -0.2) is 0 Å². The minimum Gasteiger partial charge on any atom is -0.117 e. The van der Waals surface area contributed by atoms with Crippen LogP contribution in [0, 0.1) is 0 Å². The summed E-state index contributed by atoms with van der Waals surface area (Å²) in [6, 6.07) is 23.1. The van der Waals surface area contributed by atoms with Gasteiger partial charge in [0.2, 0.25) is 0 Å². The molecule has 0 nitrogen and oxygen atoms in total. The van der Waals surface area contributed by atoms with Crippen molar-refractivity contribution in [2.75, 3.05) is 0 Å². The molecule has 0 bridgehead atoms. The molecule has 0 aliphatic carbocycles. The molecule has 1 unspecified atom stereocenters. The summed E-state index contributed by atoms with van der Waals surface area (Å²) < 4.78 is 1.07. The van der Waals surface area contributed by atoms with E-state index in [1.54, 1.807) is 0 Å². The Balaban J connectivity index is 1.87. The van der Waals surface area contributed by atoms with Gasteiger partial charge in [0.1, 0.15) is 0 Å². The Morgan fingerprint density at radius 1 is 0.850 bits per heavy atom. The molecule has 3 aromatic carbocycles. The normalized spacial score (nSPS) is 12.5. The summed E-state index contributed by atoms with van der Waals surface area (Å²) in [5.74, 6) is 0. The molecular weight excluding hydrogens is 332 g/mol. The zero-order valence-corrected chi connectivity index (χ0v) is 13.2. The Labute approximate surface area is 132 Å². The molecule has 0 saturated heterocycles. The number of benzene rings is 3. The lowest BCUT2D eigenvalue weighted by atomic mass is 10.0. The molecule has 0 spiro atoms. The van der Waals surface area contributed by atoms with E-state index in [0.29, 0.717) is 0 Å². The molecule has 0 radical (unpaired) electrons. The van der Waals surface area contributed by atoms with Crippen LogP contribution in [0.1, 0.15) is 16.5 Å². The van der Waals surface area contributed by atoms with Gasteiger partial charge in [-0.05, 0) is 34.4 Å². The lowest BCUT2D eigenvalue weighted by Crippen LogP contribution is -1.97. The van der Waals surface area contributed by atoms with Crippen LogP contribution in [0.2, 0.25) is 0 Å².